The Kier molecular flexibility index (Phi) is 5.61. The summed E-state index contributed by atoms with van der Waals surface area (Å²) >= 11 is 0. The minimum Gasteiger partial charge on any atom is -0.347 e. The second kappa shape index (κ2) is 8.47. The van der Waals surface area contributed by atoms with Gasteiger partial charge in [0.2, 0.25) is 11.8 Å². The minimum atomic E-state index is -0.344. The van der Waals surface area contributed by atoms with Crippen LogP contribution in [0.15, 0.2) is 24.3 Å². The zero-order valence-electron chi connectivity index (χ0n) is 15.8. The molecule has 3 heterocycles. The van der Waals surface area contributed by atoms with Crippen LogP contribution in [-0.2, 0) is 22.7 Å². The molecule has 1 atom stereocenters. The Balaban J connectivity index is 1.40. The van der Waals surface area contributed by atoms with Gasteiger partial charge in [-0.05, 0) is 48.0 Å². The average Bonchev–Trinajstić information content (AvgIpc) is 2.94. The largest absolute Gasteiger partial charge is 0.347 e. The molecule has 2 aliphatic heterocycles. The van der Waals surface area contributed by atoms with Gasteiger partial charge in [-0.3, -0.25) is 14.5 Å². The van der Waals surface area contributed by atoms with E-state index in [1.165, 1.54) is 25.7 Å². The van der Waals surface area contributed by atoms with Crippen LogP contribution in [0.5, 0.6) is 0 Å². The van der Waals surface area contributed by atoms with E-state index < -0.39 is 0 Å². The molecule has 1 aromatic carbocycles. The highest BCUT2D eigenvalue weighted by molar-refractivity contribution is 5.95. The summed E-state index contributed by atoms with van der Waals surface area (Å²) < 4.78 is 1.55. The third kappa shape index (κ3) is 4.36. The van der Waals surface area contributed by atoms with E-state index in [0.717, 1.165) is 24.3 Å². The molecule has 0 radical (unpaired) electrons. The molecule has 0 bridgehead atoms. The van der Waals surface area contributed by atoms with Gasteiger partial charge in [0.05, 0.1) is 19.0 Å². The van der Waals surface area contributed by atoms with E-state index >= 15 is 0 Å². The first-order valence-corrected chi connectivity index (χ1v) is 9.84. The van der Waals surface area contributed by atoms with Crippen LogP contribution >= 0.6 is 0 Å². The van der Waals surface area contributed by atoms with Gasteiger partial charge < -0.3 is 10.6 Å². The molecule has 148 valence electrons. The first-order chi connectivity index (χ1) is 13.7. The summed E-state index contributed by atoms with van der Waals surface area (Å²) in [7, 11) is 0. The molecule has 2 aliphatic rings. The summed E-state index contributed by atoms with van der Waals surface area (Å²) in [6, 6.07) is 7.17. The number of hydrogen-bond acceptors (Lipinski definition) is 6. The number of tetrazole rings is 1. The van der Waals surface area contributed by atoms with Gasteiger partial charge in [-0.1, -0.05) is 31.0 Å². The van der Waals surface area contributed by atoms with Crippen molar-refractivity contribution in [2.24, 2.45) is 0 Å². The van der Waals surface area contributed by atoms with Gasteiger partial charge in [-0.25, -0.2) is 4.68 Å². The number of carbonyl (C=O) groups excluding carboxylic acids is 2. The number of hydrogen-bond donors (Lipinski definition) is 2. The summed E-state index contributed by atoms with van der Waals surface area (Å²) in [5.74, 6) is 0.381. The van der Waals surface area contributed by atoms with Crippen LogP contribution in [0.1, 0.15) is 49.5 Å². The van der Waals surface area contributed by atoms with Crippen molar-refractivity contribution < 1.29 is 9.59 Å². The number of benzene rings is 1. The normalized spacial score (nSPS) is 20.1. The quantitative estimate of drug-likeness (QED) is 0.805. The Morgan fingerprint density at radius 1 is 1.18 bits per heavy atom. The molecule has 28 heavy (non-hydrogen) atoms. The molecule has 1 saturated heterocycles. The molecule has 2 aromatic rings. The topological polar surface area (TPSA) is 105 Å². The number of rotatable bonds is 5. The molecular weight excluding hydrogens is 358 g/mol. The van der Waals surface area contributed by atoms with Gasteiger partial charge in [0.1, 0.15) is 6.54 Å². The maximum absolute atomic E-state index is 12.6. The van der Waals surface area contributed by atoms with Crippen LogP contribution in [0, 0.1) is 0 Å². The monoisotopic (exact) mass is 383 g/mol. The van der Waals surface area contributed by atoms with E-state index in [1.54, 1.807) is 4.68 Å². The summed E-state index contributed by atoms with van der Waals surface area (Å²) in [6.07, 6.45) is 5.12. The van der Waals surface area contributed by atoms with Crippen molar-refractivity contribution in [2.45, 2.75) is 51.2 Å². The number of likely N-dealkylation sites (tertiary alicyclic amines) is 1. The second-order valence-corrected chi connectivity index (χ2v) is 7.40. The predicted molar refractivity (Wildman–Crippen MR) is 102 cm³/mol. The van der Waals surface area contributed by atoms with Crippen LogP contribution in [-0.4, -0.2) is 50.0 Å². The van der Waals surface area contributed by atoms with Crippen LogP contribution in [0.3, 0.4) is 0 Å². The lowest BCUT2D eigenvalue weighted by Gasteiger charge is -2.26. The van der Waals surface area contributed by atoms with Crippen LogP contribution in [0.25, 0.3) is 0 Å². The van der Waals surface area contributed by atoms with E-state index in [-0.39, 0.29) is 30.8 Å². The van der Waals surface area contributed by atoms with E-state index in [1.807, 2.05) is 24.3 Å². The Morgan fingerprint density at radius 3 is 2.79 bits per heavy atom. The summed E-state index contributed by atoms with van der Waals surface area (Å²) in [5, 5.41) is 17.6. The molecule has 2 amide bonds. The van der Waals surface area contributed by atoms with Gasteiger partial charge in [0, 0.05) is 5.69 Å². The van der Waals surface area contributed by atoms with Crippen LogP contribution in [0.4, 0.5) is 5.69 Å². The fourth-order valence-corrected chi connectivity index (χ4v) is 3.87. The highest BCUT2D eigenvalue weighted by Gasteiger charge is 2.26. The van der Waals surface area contributed by atoms with Crippen LogP contribution < -0.4 is 10.6 Å². The molecular formula is C19H25N7O2. The second-order valence-electron chi connectivity index (χ2n) is 7.40. The highest BCUT2D eigenvalue weighted by atomic mass is 16.2. The number of nitrogens with zero attached hydrogens (tertiary/aromatic N) is 5. The SMILES string of the molecule is O=C1C[C@H](NC(=O)Cn2nnnc2CN2CCCCCC2)c2ccccc2N1. The van der Waals surface area contributed by atoms with Crippen molar-refractivity contribution >= 4 is 17.5 Å². The van der Waals surface area contributed by atoms with Gasteiger partial charge in [0.15, 0.2) is 5.82 Å². The fraction of sp³-hybridized carbons (Fsp3) is 0.526. The first-order valence-electron chi connectivity index (χ1n) is 9.84. The van der Waals surface area contributed by atoms with Gasteiger partial charge in [-0.2, -0.15) is 0 Å². The van der Waals surface area contributed by atoms with Gasteiger partial charge >= 0.3 is 0 Å². The molecule has 1 aromatic heterocycles. The molecule has 9 nitrogen and oxygen atoms in total. The van der Waals surface area contributed by atoms with E-state index in [0.29, 0.717) is 12.4 Å². The number of fused-ring (bicyclic) bond motifs is 1. The number of carbonyl (C=O) groups is 2. The molecule has 0 unspecified atom stereocenters. The fourth-order valence-electron chi connectivity index (χ4n) is 3.87. The van der Waals surface area contributed by atoms with Gasteiger partial charge in [0.25, 0.3) is 0 Å². The lowest BCUT2D eigenvalue weighted by molar-refractivity contribution is -0.123. The highest BCUT2D eigenvalue weighted by Crippen LogP contribution is 2.29. The zero-order chi connectivity index (χ0) is 19.3. The maximum Gasteiger partial charge on any atom is 0.242 e. The Labute approximate surface area is 163 Å². The van der Waals surface area contributed by atoms with Crippen molar-refractivity contribution in [3.63, 3.8) is 0 Å². The van der Waals surface area contributed by atoms with Crippen molar-refractivity contribution in [3.05, 3.63) is 35.7 Å². The smallest absolute Gasteiger partial charge is 0.242 e. The molecule has 0 aliphatic carbocycles. The summed E-state index contributed by atoms with van der Waals surface area (Å²) in [6.45, 7) is 2.76. The maximum atomic E-state index is 12.6. The van der Waals surface area contributed by atoms with E-state index in [4.69, 9.17) is 0 Å². The van der Waals surface area contributed by atoms with E-state index in [2.05, 4.69) is 31.1 Å². The minimum absolute atomic E-state index is 0.0382. The van der Waals surface area contributed by atoms with Gasteiger partial charge in [-0.15, -0.1) is 5.10 Å². The third-order valence-electron chi connectivity index (χ3n) is 5.30. The molecule has 0 saturated carbocycles. The summed E-state index contributed by atoms with van der Waals surface area (Å²) in [5.41, 5.74) is 1.66. The average molecular weight is 383 g/mol. The Hall–Kier alpha value is -2.81. The number of nitrogens with one attached hydrogen (secondary N) is 2. The van der Waals surface area contributed by atoms with Crippen LogP contribution in [0.2, 0.25) is 0 Å². The Morgan fingerprint density at radius 2 is 1.96 bits per heavy atom. The standard InChI is InChI=1S/C19H25N7O2/c27-18-11-16(14-7-3-4-8-15(14)20-18)21-19(28)13-26-17(22-23-24-26)12-25-9-5-1-2-6-10-25/h3-4,7-8,16H,1-2,5-6,9-13H2,(H,20,27)(H,21,28)/t16-/m0/s1. The van der Waals surface area contributed by atoms with Crippen molar-refractivity contribution in [3.8, 4) is 0 Å². The van der Waals surface area contributed by atoms with Crippen molar-refractivity contribution in [1.82, 2.24) is 30.4 Å². The first kappa shape index (κ1) is 18.5. The number of para-hydroxylation sites is 1. The lowest BCUT2D eigenvalue weighted by atomic mass is 9.97. The molecule has 4 rings (SSSR count). The molecule has 2 N–H and O–H groups in total. The molecule has 9 heteroatoms. The van der Waals surface area contributed by atoms with Crippen molar-refractivity contribution in [2.75, 3.05) is 18.4 Å². The third-order valence-corrected chi connectivity index (χ3v) is 5.30. The zero-order valence-corrected chi connectivity index (χ0v) is 15.8. The Bertz CT molecular complexity index is 842. The number of amides is 2. The van der Waals surface area contributed by atoms with E-state index in [9.17, 15) is 9.59 Å². The summed E-state index contributed by atoms with van der Waals surface area (Å²) in [4.78, 5) is 26.9. The molecule has 0 spiro atoms. The lowest BCUT2D eigenvalue weighted by Crippen LogP contribution is -2.37. The predicted octanol–water partition coefficient (Wildman–Crippen LogP) is 1.25. The van der Waals surface area contributed by atoms with Crippen molar-refractivity contribution in [1.29, 1.82) is 0 Å². The number of aromatic nitrogens is 4. The number of anilines is 1. The molecule has 1 fully saturated rings.